The molecule has 0 bridgehead atoms. The molecule has 1 aliphatic heterocycles. The summed E-state index contributed by atoms with van der Waals surface area (Å²) >= 11 is 0. The highest BCUT2D eigenvalue weighted by Gasteiger charge is 2.42. The van der Waals surface area contributed by atoms with E-state index in [9.17, 15) is 4.79 Å². The van der Waals surface area contributed by atoms with Crippen LogP contribution in [-0.4, -0.2) is 29.2 Å². The summed E-state index contributed by atoms with van der Waals surface area (Å²) in [5, 5.41) is 0. The molecule has 0 spiro atoms. The second kappa shape index (κ2) is 5.07. The average molecular weight is 231 g/mol. The quantitative estimate of drug-likeness (QED) is 0.632. The molecule has 3 nitrogen and oxygen atoms in total. The van der Waals surface area contributed by atoms with E-state index in [0.29, 0.717) is 6.54 Å². The normalized spacial score (nSPS) is 21.0. The van der Waals surface area contributed by atoms with E-state index in [4.69, 9.17) is 4.74 Å². The Kier molecular flexibility index (Phi) is 5.59. The molecule has 1 amide bonds. The van der Waals surface area contributed by atoms with E-state index < -0.39 is 0 Å². The molecule has 3 heteroatoms. The molecular weight excluding hydrogens is 202 g/mol. The standard InChI is InChI=1S/C11H21NO2.2CH4/c1-10(2,3)8-7-12(9(13)14-8)11(4,5)6;;/h8H,7H2,1-6H3;2*1H4. The first-order chi connectivity index (χ1) is 6.12. The van der Waals surface area contributed by atoms with E-state index >= 15 is 0 Å². The Morgan fingerprint density at radius 2 is 1.56 bits per heavy atom. The number of cyclic esters (lactones) is 1. The highest BCUT2D eigenvalue weighted by Crippen LogP contribution is 2.31. The Labute approximate surface area is 101 Å². The lowest BCUT2D eigenvalue weighted by Gasteiger charge is -2.30. The van der Waals surface area contributed by atoms with Gasteiger partial charge in [-0.05, 0) is 20.8 Å². The molecule has 0 N–H and O–H groups in total. The second-order valence-corrected chi connectivity index (χ2v) is 6.02. The van der Waals surface area contributed by atoms with Crippen LogP contribution >= 0.6 is 0 Å². The fourth-order valence-corrected chi connectivity index (χ4v) is 1.46. The Balaban J connectivity index is 0. The lowest BCUT2D eigenvalue weighted by Crippen LogP contribution is -2.43. The number of carbonyl (C=O) groups excluding carboxylic acids is 1. The van der Waals surface area contributed by atoms with Gasteiger partial charge in [0.05, 0.1) is 6.54 Å². The first kappa shape index (κ1) is 17.7. The molecule has 0 aromatic rings. The molecule has 1 fully saturated rings. The minimum absolute atomic E-state index is 0. The van der Waals surface area contributed by atoms with E-state index in [2.05, 4.69) is 20.8 Å². The summed E-state index contributed by atoms with van der Waals surface area (Å²) in [6.45, 7) is 13.1. The average Bonchev–Trinajstić information content (AvgIpc) is 2.27. The number of amides is 1. The van der Waals surface area contributed by atoms with E-state index in [1.165, 1.54) is 0 Å². The zero-order valence-corrected chi connectivity index (χ0v) is 10.0. The van der Waals surface area contributed by atoms with Crippen LogP contribution in [0.5, 0.6) is 0 Å². The van der Waals surface area contributed by atoms with Crippen molar-refractivity contribution < 1.29 is 9.53 Å². The molecule has 1 atom stereocenters. The Hall–Kier alpha value is -0.730. The van der Waals surface area contributed by atoms with Gasteiger partial charge < -0.3 is 4.74 Å². The molecule has 0 aliphatic carbocycles. The van der Waals surface area contributed by atoms with Crippen LogP contribution in [-0.2, 0) is 4.74 Å². The third-order valence-electron chi connectivity index (χ3n) is 2.59. The molecule has 1 heterocycles. The van der Waals surface area contributed by atoms with E-state index in [0.717, 1.165) is 0 Å². The zero-order valence-electron chi connectivity index (χ0n) is 10.0. The number of hydrogen-bond acceptors (Lipinski definition) is 2. The third-order valence-corrected chi connectivity index (χ3v) is 2.59. The largest absolute Gasteiger partial charge is 0.444 e. The molecule has 1 saturated heterocycles. The van der Waals surface area contributed by atoms with Gasteiger partial charge >= 0.3 is 6.09 Å². The maximum absolute atomic E-state index is 11.6. The summed E-state index contributed by atoms with van der Waals surface area (Å²) in [6.07, 6.45) is -0.174. The Morgan fingerprint density at radius 3 is 1.75 bits per heavy atom. The van der Waals surface area contributed by atoms with E-state index in [1.54, 1.807) is 4.90 Å². The van der Waals surface area contributed by atoms with Crippen LogP contribution in [0.1, 0.15) is 56.4 Å². The van der Waals surface area contributed by atoms with Gasteiger partial charge in [0.1, 0.15) is 6.10 Å². The zero-order chi connectivity index (χ0) is 11.1. The number of hydrogen-bond donors (Lipinski definition) is 0. The van der Waals surface area contributed by atoms with Crippen molar-refractivity contribution in [1.29, 1.82) is 0 Å². The summed E-state index contributed by atoms with van der Waals surface area (Å²) in [5.41, 5.74) is -0.118. The van der Waals surface area contributed by atoms with Gasteiger partial charge in [0.25, 0.3) is 0 Å². The predicted octanol–water partition coefficient (Wildman–Crippen LogP) is 3.92. The minimum Gasteiger partial charge on any atom is -0.444 e. The van der Waals surface area contributed by atoms with Crippen molar-refractivity contribution in [1.82, 2.24) is 4.90 Å². The predicted molar refractivity (Wildman–Crippen MR) is 69.6 cm³/mol. The molecule has 0 radical (unpaired) electrons. The van der Waals surface area contributed by atoms with Crippen molar-refractivity contribution in [2.24, 2.45) is 5.41 Å². The first-order valence-corrected chi connectivity index (χ1v) is 5.10. The number of rotatable bonds is 0. The van der Waals surface area contributed by atoms with Crippen molar-refractivity contribution in [3.63, 3.8) is 0 Å². The van der Waals surface area contributed by atoms with Crippen molar-refractivity contribution in [2.75, 3.05) is 6.54 Å². The van der Waals surface area contributed by atoms with E-state index in [1.807, 2.05) is 20.8 Å². The lowest BCUT2D eigenvalue weighted by molar-refractivity contribution is 0.0719. The van der Waals surface area contributed by atoms with Gasteiger partial charge in [-0.15, -0.1) is 0 Å². The van der Waals surface area contributed by atoms with Crippen LogP contribution in [0.2, 0.25) is 0 Å². The molecule has 0 aromatic heterocycles. The monoisotopic (exact) mass is 231 g/mol. The maximum atomic E-state index is 11.6. The van der Waals surface area contributed by atoms with Gasteiger partial charge in [-0.3, -0.25) is 4.90 Å². The molecule has 98 valence electrons. The summed E-state index contributed by atoms with van der Waals surface area (Å²) < 4.78 is 5.35. The molecule has 1 rings (SSSR count). The van der Waals surface area contributed by atoms with Crippen LogP contribution in [0.25, 0.3) is 0 Å². The van der Waals surface area contributed by atoms with Gasteiger partial charge in [-0.1, -0.05) is 35.6 Å². The van der Waals surface area contributed by atoms with Crippen molar-refractivity contribution in [2.45, 2.75) is 68.0 Å². The number of carbonyl (C=O) groups is 1. The molecule has 1 unspecified atom stereocenters. The van der Waals surface area contributed by atoms with Gasteiger partial charge in [0, 0.05) is 11.0 Å². The molecule has 16 heavy (non-hydrogen) atoms. The van der Waals surface area contributed by atoms with E-state index in [-0.39, 0.29) is 38.0 Å². The van der Waals surface area contributed by atoms with Crippen molar-refractivity contribution in [3.8, 4) is 0 Å². The van der Waals surface area contributed by atoms with Crippen LogP contribution < -0.4 is 0 Å². The summed E-state index contributed by atoms with van der Waals surface area (Å²) in [6, 6.07) is 0. The van der Waals surface area contributed by atoms with Crippen LogP contribution in [0.15, 0.2) is 0 Å². The second-order valence-electron chi connectivity index (χ2n) is 6.02. The van der Waals surface area contributed by atoms with Crippen LogP contribution in [0.4, 0.5) is 4.79 Å². The van der Waals surface area contributed by atoms with Gasteiger partial charge in [-0.2, -0.15) is 0 Å². The molecule has 0 aromatic carbocycles. The minimum atomic E-state index is -0.183. The van der Waals surface area contributed by atoms with Crippen LogP contribution in [0.3, 0.4) is 0 Å². The number of ether oxygens (including phenoxy) is 1. The topological polar surface area (TPSA) is 29.5 Å². The molecule has 1 aliphatic rings. The van der Waals surface area contributed by atoms with Gasteiger partial charge in [0.2, 0.25) is 0 Å². The van der Waals surface area contributed by atoms with Gasteiger partial charge in [0.15, 0.2) is 0 Å². The van der Waals surface area contributed by atoms with Crippen molar-refractivity contribution >= 4 is 6.09 Å². The highest BCUT2D eigenvalue weighted by atomic mass is 16.6. The summed E-state index contributed by atoms with van der Waals surface area (Å²) in [7, 11) is 0. The highest BCUT2D eigenvalue weighted by molar-refractivity contribution is 5.71. The fraction of sp³-hybridized carbons (Fsp3) is 0.923. The summed E-state index contributed by atoms with van der Waals surface area (Å²) in [4.78, 5) is 13.4. The Bertz CT molecular complexity index is 235. The third kappa shape index (κ3) is 3.69. The fourth-order valence-electron chi connectivity index (χ4n) is 1.46. The number of nitrogens with zero attached hydrogens (tertiary/aromatic N) is 1. The lowest BCUT2D eigenvalue weighted by atomic mass is 9.89. The van der Waals surface area contributed by atoms with Crippen molar-refractivity contribution in [3.05, 3.63) is 0 Å². The summed E-state index contributed by atoms with van der Waals surface area (Å²) in [5.74, 6) is 0. The SMILES string of the molecule is C.C.CC(C)(C)C1CN(C(C)(C)C)C(=O)O1. The molecule has 0 saturated carbocycles. The first-order valence-electron chi connectivity index (χ1n) is 5.10. The maximum Gasteiger partial charge on any atom is 0.410 e. The molecular formula is C13H29NO2. The van der Waals surface area contributed by atoms with Crippen LogP contribution in [0, 0.1) is 5.41 Å². The Morgan fingerprint density at radius 1 is 1.12 bits per heavy atom. The van der Waals surface area contributed by atoms with Gasteiger partial charge in [-0.25, -0.2) is 4.79 Å². The smallest absolute Gasteiger partial charge is 0.410 e.